The third kappa shape index (κ3) is 2.87. The van der Waals surface area contributed by atoms with Crippen LogP contribution in [0.2, 0.25) is 0 Å². The number of carbonyl (C=O) groups excluding carboxylic acids is 1. The lowest BCUT2D eigenvalue weighted by molar-refractivity contribution is 0.0773. The Kier molecular flexibility index (Phi) is 4.16. The number of hydrogen-bond donors (Lipinski definition) is 1. The average Bonchev–Trinajstić information content (AvgIpc) is 3.00. The van der Waals surface area contributed by atoms with Crippen molar-refractivity contribution in [3.05, 3.63) is 28.7 Å². The predicted molar refractivity (Wildman–Crippen MR) is 72.2 cm³/mol. The van der Waals surface area contributed by atoms with Crippen LogP contribution in [0, 0.1) is 13.8 Å². The van der Waals surface area contributed by atoms with Gasteiger partial charge in [0.05, 0.1) is 12.2 Å². The van der Waals surface area contributed by atoms with Crippen molar-refractivity contribution >= 4 is 5.91 Å². The molecular weight excluding hydrogens is 258 g/mol. The molecule has 0 saturated carbocycles. The Bertz CT molecular complexity index is 582. The van der Waals surface area contributed by atoms with Crippen molar-refractivity contribution in [2.75, 3.05) is 7.05 Å². The van der Waals surface area contributed by atoms with Crippen LogP contribution in [-0.2, 0) is 13.0 Å². The molecule has 20 heavy (non-hydrogen) atoms. The topological polar surface area (TPSA) is 87.9 Å². The summed E-state index contributed by atoms with van der Waals surface area (Å²) in [5.41, 5.74) is 1.72. The molecule has 0 saturated heterocycles. The van der Waals surface area contributed by atoms with Crippen LogP contribution in [0.5, 0.6) is 0 Å². The van der Waals surface area contributed by atoms with Crippen molar-refractivity contribution in [3.8, 4) is 0 Å². The summed E-state index contributed by atoms with van der Waals surface area (Å²) in [7, 11) is 1.71. The van der Waals surface area contributed by atoms with Crippen LogP contribution in [0.15, 0.2) is 4.52 Å². The summed E-state index contributed by atoms with van der Waals surface area (Å²) >= 11 is 0. The lowest BCUT2D eigenvalue weighted by atomic mass is 10.2. The maximum absolute atomic E-state index is 12.2. The Labute approximate surface area is 117 Å². The van der Waals surface area contributed by atoms with E-state index in [1.807, 2.05) is 20.8 Å². The summed E-state index contributed by atoms with van der Waals surface area (Å²) in [6.45, 7) is 6.17. The van der Waals surface area contributed by atoms with Gasteiger partial charge in [-0.2, -0.15) is 0 Å². The van der Waals surface area contributed by atoms with E-state index in [2.05, 4.69) is 20.3 Å². The number of rotatable bonds is 5. The molecule has 2 heterocycles. The van der Waals surface area contributed by atoms with Gasteiger partial charge in [-0.05, 0) is 20.3 Å². The van der Waals surface area contributed by atoms with E-state index in [4.69, 9.17) is 4.52 Å². The van der Waals surface area contributed by atoms with Crippen LogP contribution < -0.4 is 0 Å². The van der Waals surface area contributed by atoms with Crippen LogP contribution >= 0.6 is 0 Å². The zero-order valence-electron chi connectivity index (χ0n) is 12.2. The standard InChI is InChI=1S/C13H19N5O2/c1-5-6-11-14-12(16-15-11)13(19)18(4)7-10-8(2)17-20-9(10)3/h5-7H2,1-4H3,(H,14,15,16). The maximum atomic E-state index is 12.2. The molecule has 0 bridgehead atoms. The van der Waals surface area contributed by atoms with Gasteiger partial charge >= 0.3 is 0 Å². The van der Waals surface area contributed by atoms with Crippen molar-refractivity contribution < 1.29 is 9.32 Å². The minimum absolute atomic E-state index is 0.197. The molecule has 0 radical (unpaired) electrons. The fourth-order valence-electron chi connectivity index (χ4n) is 1.95. The zero-order chi connectivity index (χ0) is 14.7. The molecule has 0 aromatic carbocycles. The van der Waals surface area contributed by atoms with Gasteiger partial charge in [0.2, 0.25) is 5.82 Å². The second-order valence-electron chi connectivity index (χ2n) is 4.82. The summed E-state index contributed by atoms with van der Waals surface area (Å²) in [6, 6.07) is 0. The molecule has 0 aliphatic heterocycles. The largest absolute Gasteiger partial charge is 0.361 e. The minimum atomic E-state index is -0.219. The number of nitrogens with zero attached hydrogens (tertiary/aromatic N) is 4. The maximum Gasteiger partial charge on any atom is 0.293 e. The van der Waals surface area contributed by atoms with E-state index in [1.54, 1.807) is 11.9 Å². The van der Waals surface area contributed by atoms with Gasteiger partial charge in [0.1, 0.15) is 11.6 Å². The van der Waals surface area contributed by atoms with Gasteiger partial charge in [0.15, 0.2) is 0 Å². The first-order valence-corrected chi connectivity index (χ1v) is 6.61. The number of hydrogen-bond acceptors (Lipinski definition) is 5. The van der Waals surface area contributed by atoms with Crippen molar-refractivity contribution in [2.45, 2.75) is 40.2 Å². The molecule has 2 aromatic heterocycles. The highest BCUT2D eigenvalue weighted by Crippen LogP contribution is 2.15. The Balaban J connectivity index is 2.08. The molecule has 0 aliphatic carbocycles. The van der Waals surface area contributed by atoms with Gasteiger partial charge in [-0.3, -0.25) is 9.89 Å². The highest BCUT2D eigenvalue weighted by molar-refractivity contribution is 5.90. The van der Waals surface area contributed by atoms with E-state index in [0.717, 1.165) is 35.7 Å². The lowest BCUT2D eigenvalue weighted by Gasteiger charge is -2.14. The number of aromatic nitrogens is 4. The van der Waals surface area contributed by atoms with Crippen LogP contribution in [-0.4, -0.2) is 38.2 Å². The normalized spacial score (nSPS) is 10.8. The Morgan fingerprint density at radius 2 is 2.15 bits per heavy atom. The Hall–Kier alpha value is -2.18. The van der Waals surface area contributed by atoms with Crippen LogP contribution in [0.4, 0.5) is 0 Å². The minimum Gasteiger partial charge on any atom is -0.361 e. The second kappa shape index (κ2) is 5.85. The van der Waals surface area contributed by atoms with E-state index < -0.39 is 0 Å². The smallest absolute Gasteiger partial charge is 0.293 e. The molecular formula is C13H19N5O2. The number of amides is 1. The fourth-order valence-corrected chi connectivity index (χ4v) is 1.95. The highest BCUT2D eigenvalue weighted by Gasteiger charge is 2.20. The monoisotopic (exact) mass is 277 g/mol. The number of carbonyl (C=O) groups is 1. The molecule has 2 aromatic rings. The van der Waals surface area contributed by atoms with Crippen molar-refractivity contribution in [1.82, 2.24) is 25.2 Å². The molecule has 108 valence electrons. The predicted octanol–water partition coefficient (Wildman–Crippen LogP) is 1.63. The van der Waals surface area contributed by atoms with E-state index in [1.165, 1.54) is 0 Å². The molecule has 0 aliphatic rings. The molecule has 0 unspecified atom stereocenters. The molecule has 7 heteroatoms. The van der Waals surface area contributed by atoms with Gasteiger partial charge in [-0.25, -0.2) is 4.98 Å². The van der Waals surface area contributed by atoms with Gasteiger partial charge in [-0.1, -0.05) is 12.1 Å². The molecule has 0 fully saturated rings. The SMILES string of the molecule is CCCc1nc(C(=O)N(C)Cc2c(C)noc2C)n[nH]1. The first-order valence-electron chi connectivity index (χ1n) is 6.61. The summed E-state index contributed by atoms with van der Waals surface area (Å²) in [6.07, 6.45) is 1.74. The van der Waals surface area contributed by atoms with Crippen molar-refractivity contribution in [3.63, 3.8) is 0 Å². The molecule has 1 amide bonds. The van der Waals surface area contributed by atoms with Gasteiger partial charge in [0.25, 0.3) is 5.91 Å². The summed E-state index contributed by atoms with van der Waals surface area (Å²) in [5.74, 6) is 1.44. The van der Waals surface area contributed by atoms with Gasteiger partial charge < -0.3 is 9.42 Å². The van der Waals surface area contributed by atoms with Gasteiger partial charge in [0, 0.05) is 19.0 Å². The van der Waals surface area contributed by atoms with E-state index in [0.29, 0.717) is 6.54 Å². The van der Waals surface area contributed by atoms with Crippen LogP contribution in [0.3, 0.4) is 0 Å². The number of aromatic amines is 1. The van der Waals surface area contributed by atoms with Crippen molar-refractivity contribution in [1.29, 1.82) is 0 Å². The summed E-state index contributed by atoms with van der Waals surface area (Å²) in [5, 5.41) is 10.6. The Morgan fingerprint density at radius 1 is 1.40 bits per heavy atom. The summed E-state index contributed by atoms with van der Waals surface area (Å²) in [4.78, 5) is 18.0. The Morgan fingerprint density at radius 3 is 2.75 bits per heavy atom. The molecule has 7 nitrogen and oxygen atoms in total. The lowest BCUT2D eigenvalue weighted by Crippen LogP contribution is -2.27. The third-order valence-corrected chi connectivity index (χ3v) is 3.13. The second-order valence-corrected chi connectivity index (χ2v) is 4.82. The van der Waals surface area contributed by atoms with Gasteiger partial charge in [-0.15, -0.1) is 5.10 Å². The van der Waals surface area contributed by atoms with Crippen LogP contribution in [0.1, 0.15) is 46.8 Å². The first kappa shape index (κ1) is 14.2. The molecule has 2 rings (SSSR count). The number of aryl methyl sites for hydroxylation is 3. The van der Waals surface area contributed by atoms with E-state index in [9.17, 15) is 4.79 Å². The number of H-pyrrole nitrogens is 1. The number of nitrogens with one attached hydrogen (secondary N) is 1. The summed E-state index contributed by atoms with van der Waals surface area (Å²) < 4.78 is 5.09. The zero-order valence-corrected chi connectivity index (χ0v) is 12.2. The van der Waals surface area contributed by atoms with Crippen LogP contribution in [0.25, 0.3) is 0 Å². The third-order valence-electron chi connectivity index (χ3n) is 3.13. The van der Waals surface area contributed by atoms with E-state index >= 15 is 0 Å². The first-order chi connectivity index (χ1) is 9.52. The van der Waals surface area contributed by atoms with Crippen molar-refractivity contribution in [2.24, 2.45) is 0 Å². The molecule has 0 atom stereocenters. The fraction of sp³-hybridized carbons (Fsp3) is 0.538. The quantitative estimate of drug-likeness (QED) is 0.897. The van der Waals surface area contributed by atoms with E-state index in [-0.39, 0.29) is 11.7 Å². The highest BCUT2D eigenvalue weighted by atomic mass is 16.5. The molecule has 0 spiro atoms. The molecule has 1 N–H and O–H groups in total. The average molecular weight is 277 g/mol.